The second-order valence-corrected chi connectivity index (χ2v) is 5.17. The smallest absolute Gasteiger partial charge is 0.0698 e. The molecule has 0 radical (unpaired) electrons. The number of nitrogens with two attached hydrogens (primary N) is 1. The number of nitrogens with zero attached hydrogens (tertiary/aromatic N) is 1. The fourth-order valence-corrected chi connectivity index (χ4v) is 2.11. The Hall–Kier alpha value is -0.620. The molecule has 0 heterocycles. The fourth-order valence-electron chi connectivity index (χ4n) is 1.73. The first-order valence-electron chi connectivity index (χ1n) is 6.01. The minimum absolute atomic E-state index is 0.0155. The largest absolute Gasteiger partial charge is 0.394 e. The Balaban J connectivity index is 2.69. The molecule has 102 valence electrons. The number of rotatable bonds is 7. The summed E-state index contributed by atoms with van der Waals surface area (Å²) in [5.41, 5.74) is 8.20. The van der Waals surface area contributed by atoms with Crippen molar-refractivity contribution < 1.29 is 9.84 Å². The number of ether oxygens (including phenoxy) is 1. The van der Waals surface area contributed by atoms with Gasteiger partial charge in [0.05, 0.1) is 19.8 Å². The van der Waals surface area contributed by atoms with Crippen LogP contribution in [0.5, 0.6) is 0 Å². The molecule has 0 saturated carbocycles. The molecule has 0 saturated heterocycles. The van der Waals surface area contributed by atoms with Crippen molar-refractivity contribution >= 4 is 21.6 Å². The Morgan fingerprint density at radius 3 is 2.78 bits per heavy atom. The van der Waals surface area contributed by atoms with E-state index in [-0.39, 0.29) is 12.6 Å². The van der Waals surface area contributed by atoms with Gasteiger partial charge in [-0.2, -0.15) is 0 Å². The molecule has 4 nitrogen and oxygen atoms in total. The van der Waals surface area contributed by atoms with Crippen molar-refractivity contribution in [2.45, 2.75) is 13.0 Å². The average molecular weight is 317 g/mol. The van der Waals surface area contributed by atoms with Gasteiger partial charge >= 0.3 is 0 Å². The molecule has 1 aromatic rings. The van der Waals surface area contributed by atoms with E-state index in [4.69, 9.17) is 15.6 Å². The van der Waals surface area contributed by atoms with Crippen LogP contribution in [0, 0.1) is 0 Å². The Morgan fingerprint density at radius 2 is 2.17 bits per heavy atom. The van der Waals surface area contributed by atoms with E-state index in [1.165, 1.54) is 0 Å². The van der Waals surface area contributed by atoms with Crippen LogP contribution in [0.1, 0.15) is 18.5 Å². The van der Waals surface area contributed by atoms with Crippen molar-refractivity contribution in [2.24, 2.45) is 5.73 Å². The van der Waals surface area contributed by atoms with Crippen LogP contribution in [0.15, 0.2) is 22.7 Å². The van der Waals surface area contributed by atoms with E-state index in [0.717, 1.165) is 22.3 Å². The predicted molar refractivity (Wildman–Crippen MR) is 77.9 cm³/mol. The van der Waals surface area contributed by atoms with Gasteiger partial charge in [-0.1, -0.05) is 15.9 Å². The Morgan fingerprint density at radius 1 is 1.44 bits per heavy atom. The summed E-state index contributed by atoms with van der Waals surface area (Å²) in [6, 6.07) is 6.09. The molecule has 0 spiro atoms. The highest BCUT2D eigenvalue weighted by molar-refractivity contribution is 9.10. The molecule has 5 heteroatoms. The molecule has 0 aliphatic carbocycles. The first-order valence-corrected chi connectivity index (χ1v) is 6.80. The van der Waals surface area contributed by atoms with Crippen LogP contribution in [0.25, 0.3) is 0 Å². The quantitative estimate of drug-likeness (QED) is 0.754. The van der Waals surface area contributed by atoms with Crippen LogP contribution in [0.3, 0.4) is 0 Å². The van der Waals surface area contributed by atoms with Crippen LogP contribution in [0.2, 0.25) is 0 Å². The number of aliphatic hydroxyl groups excluding tert-OH is 1. The maximum Gasteiger partial charge on any atom is 0.0698 e. The fraction of sp³-hybridized carbons (Fsp3) is 0.538. The molecule has 0 fully saturated rings. The number of hydrogen-bond acceptors (Lipinski definition) is 4. The summed E-state index contributed by atoms with van der Waals surface area (Å²) in [5.74, 6) is 0. The van der Waals surface area contributed by atoms with Gasteiger partial charge < -0.3 is 20.5 Å². The highest BCUT2D eigenvalue weighted by atomic mass is 79.9. The van der Waals surface area contributed by atoms with Gasteiger partial charge in [0.15, 0.2) is 0 Å². The summed E-state index contributed by atoms with van der Waals surface area (Å²) in [6.07, 6.45) is 0. The third kappa shape index (κ3) is 4.57. The van der Waals surface area contributed by atoms with Crippen LogP contribution in [0.4, 0.5) is 5.69 Å². The molecular weight excluding hydrogens is 296 g/mol. The van der Waals surface area contributed by atoms with Crippen LogP contribution in [-0.2, 0) is 4.74 Å². The van der Waals surface area contributed by atoms with Gasteiger partial charge in [-0.3, -0.25) is 0 Å². The Labute approximate surface area is 117 Å². The van der Waals surface area contributed by atoms with Gasteiger partial charge in [-0.25, -0.2) is 0 Å². The molecule has 1 atom stereocenters. The molecule has 3 N–H and O–H groups in total. The summed E-state index contributed by atoms with van der Waals surface area (Å²) in [4.78, 5) is 2.11. The van der Waals surface area contributed by atoms with Gasteiger partial charge in [-0.15, -0.1) is 0 Å². The van der Waals surface area contributed by atoms with E-state index >= 15 is 0 Å². The van der Waals surface area contributed by atoms with Crippen LogP contribution < -0.4 is 10.6 Å². The molecule has 0 aromatic heterocycles. The molecule has 0 bridgehead atoms. The van der Waals surface area contributed by atoms with Gasteiger partial charge in [0.25, 0.3) is 0 Å². The zero-order chi connectivity index (χ0) is 13.5. The van der Waals surface area contributed by atoms with Crippen LogP contribution in [-0.4, -0.2) is 38.5 Å². The molecule has 1 rings (SSSR count). The van der Waals surface area contributed by atoms with Gasteiger partial charge in [-0.05, 0) is 30.7 Å². The lowest BCUT2D eigenvalue weighted by Gasteiger charge is -2.24. The standard InChI is InChI=1S/C13H21BrN2O2/c1-10(15)12-9-11(14)3-4-13(12)16(2)5-7-18-8-6-17/h3-4,9-10,17H,5-8,15H2,1-2H3. The lowest BCUT2D eigenvalue weighted by Crippen LogP contribution is -2.25. The highest BCUT2D eigenvalue weighted by Crippen LogP contribution is 2.27. The zero-order valence-electron chi connectivity index (χ0n) is 10.9. The van der Waals surface area contributed by atoms with E-state index in [1.54, 1.807) is 0 Å². The summed E-state index contributed by atoms with van der Waals surface area (Å²) >= 11 is 3.46. The number of anilines is 1. The number of benzene rings is 1. The number of aliphatic hydroxyl groups is 1. The summed E-state index contributed by atoms with van der Waals surface area (Å²) < 4.78 is 6.30. The Bertz CT molecular complexity index is 372. The monoisotopic (exact) mass is 316 g/mol. The predicted octanol–water partition coefficient (Wildman–Crippen LogP) is 1.91. The van der Waals surface area contributed by atoms with Crippen LogP contribution >= 0.6 is 15.9 Å². The van der Waals surface area contributed by atoms with Crippen molar-refractivity contribution in [3.8, 4) is 0 Å². The molecule has 0 aliphatic rings. The number of likely N-dealkylation sites (N-methyl/N-ethyl adjacent to an activating group) is 1. The topological polar surface area (TPSA) is 58.7 Å². The van der Waals surface area contributed by atoms with E-state index in [2.05, 4.69) is 26.9 Å². The van der Waals surface area contributed by atoms with E-state index in [9.17, 15) is 0 Å². The summed E-state index contributed by atoms with van der Waals surface area (Å²) in [6.45, 7) is 3.77. The SMILES string of the molecule is CC(N)c1cc(Br)ccc1N(C)CCOCCO. The van der Waals surface area contributed by atoms with Crippen molar-refractivity contribution in [1.82, 2.24) is 0 Å². The normalized spacial score (nSPS) is 12.5. The minimum Gasteiger partial charge on any atom is -0.394 e. The zero-order valence-corrected chi connectivity index (χ0v) is 12.5. The Kier molecular flexibility index (Phi) is 6.63. The second kappa shape index (κ2) is 7.74. The second-order valence-electron chi connectivity index (χ2n) is 4.25. The van der Waals surface area contributed by atoms with E-state index in [0.29, 0.717) is 13.2 Å². The van der Waals surface area contributed by atoms with Gasteiger partial charge in [0.1, 0.15) is 0 Å². The van der Waals surface area contributed by atoms with E-state index in [1.807, 2.05) is 26.1 Å². The number of hydrogen-bond donors (Lipinski definition) is 2. The summed E-state index contributed by atoms with van der Waals surface area (Å²) in [7, 11) is 2.01. The van der Waals surface area contributed by atoms with Crippen molar-refractivity contribution in [3.05, 3.63) is 28.2 Å². The maximum atomic E-state index is 8.64. The first-order chi connectivity index (χ1) is 8.56. The third-order valence-corrected chi connectivity index (χ3v) is 3.19. The van der Waals surface area contributed by atoms with Gasteiger partial charge in [0, 0.05) is 29.8 Å². The molecular formula is C13H21BrN2O2. The van der Waals surface area contributed by atoms with Crippen molar-refractivity contribution in [2.75, 3.05) is 38.3 Å². The minimum atomic E-state index is -0.0155. The highest BCUT2D eigenvalue weighted by Gasteiger charge is 2.11. The van der Waals surface area contributed by atoms with Crippen molar-refractivity contribution in [3.63, 3.8) is 0 Å². The van der Waals surface area contributed by atoms with E-state index < -0.39 is 0 Å². The molecule has 1 aromatic carbocycles. The number of halogens is 1. The van der Waals surface area contributed by atoms with Gasteiger partial charge in [0.2, 0.25) is 0 Å². The lowest BCUT2D eigenvalue weighted by atomic mass is 10.1. The lowest BCUT2D eigenvalue weighted by molar-refractivity contribution is 0.0971. The first kappa shape index (κ1) is 15.4. The van der Waals surface area contributed by atoms with Crippen molar-refractivity contribution in [1.29, 1.82) is 0 Å². The molecule has 18 heavy (non-hydrogen) atoms. The molecule has 0 amide bonds. The third-order valence-electron chi connectivity index (χ3n) is 2.70. The molecule has 0 aliphatic heterocycles. The average Bonchev–Trinajstić information content (AvgIpc) is 2.34. The maximum absolute atomic E-state index is 8.64. The molecule has 1 unspecified atom stereocenters. The summed E-state index contributed by atoms with van der Waals surface area (Å²) in [5, 5.41) is 8.64.